The van der Waals surface area contributed by atoms with Gasteiger partial charge in [-0.2, -0.15) is 0 Å². The van der Waals surface area contributed by atoms with Crippen LogP contribution in [0.3, 0.4) is 0 Å². The minimum atomic E-state index is -0.355. The van der Waals surface area contributed by atoms with Crippen LogP contribution in [-0.2, 0) is 0 Å². The zero-order valence-electron chi connectivity index (χ0n) is 15.7. The van der Waals surface area contributed by atoms with Crippen LogP contribution >= 0.6 is 0 Å². The highest BCUT2D eigenvalue weighted by Crippen LogP contribution is 2.35. The number of nitrogens with one attached hydrogen (secondary N) is 2. The Morgan fingerprint density at radius 1 is 1.19 bits per heavy atom. The van der Waals surface area contributed by atoms with Crippen LogP contribution in [0, 0.1) is 24.6 Å². The van der Waals surface area contributed by atoms with Crippen LogP contribution in [-0.4, -0.2) is 50.0 Å². The van der Waals surface area contributed by atoms with Gasteiger partial charge < -0.3 is 15.5 Å². The minimum absolute atomic E-state index is 0.257. The summed E-state index contributed by atoms with van der Waals surface area (Å²) in [5.41, 5.74) is 0.888. The molecule has 142 valence electrons. The van der Waals surface area contributed by atoms with Crippen molar-refractivity contribution in [2.75, 3.05) is 33.2 Å². The number of amides is 1. The number of fused-ring (bicyclic) bond motifs is 1. The van der Waals surface area contributed by atoms with Crippen LogP contribution in [0.5, 0.6) is 0 Å². The number of aryl methyl sites for hydroxylation is 1. The van der Waals surface area contributed by atoms with Crippen molar-refractivity contribution >= 4 is 11.9 Å². The van der Waals surface area contributed by atoms with Gasteiger partial charge >= 0.3 is 0 Å². The summed E-state index contributed by atoms with van der Waals surface area (Å²) in [7, 11) is 1.80. The van der Waals surface area contributed by atoms with E-state index in [4.69, 9.17) is 0 Å². The Kier molecular flexibility index (Phi) is 6.12. The Balaban J connectivity index is 1.43. The molecule has 0 spiro atoms. The number of benzene rings is 1. The lowest BCUT2D eigenvalue weighted by Gasteiger charge is -2.22. The molecular formula is C20H29FN4O. The summed E-state index contributed by atoms with van der Waals surface area (Å²) in [6, 6.07) is 4.55. The van der Waals surface area contributed by atoms with Crippen molar-refractivity contribution in [2.24, 2.45) is 16.8 Å². The number of guanidine groups is 1. The highest BCUT2D eigenvalue weighted by molar-refractivity contribution is 5.94. The number of carbonyl (C=O) groups is 1. The molecule has 1 saturated carbocycles. The van der Waals surface area contributed by atoms with Gasteiger partial charge in [0, 0.05) is 38.8 Å². The number of carbonyl (C=O) groups excluding carboxylic acids is 1. The molecule has 1 amide bonds. The monoisotopic (exact) mass is 360 g/mol. The maximum atomic E-state index is 13.6. The second-order valence-corrected chi connectivity index (χ2v) is 7.40. The van der Waals surface area contributed by atoms with E-state index in [2.05, 4.69) is 20.5 Å². The largest absolute Gasteiger partial charge is 0.354 e. The lowest BCUT2D eigenvalue weighted by molar-refractivity contribution is 0.0954. The average molecular weight is 360 g/mol. The highest BCUT2D eigenvalue weighted by atomic mass is 19.1. The first-order valence-electron chi connectivity index (χ1n) is 9.58. The molecule has 1 aliphatic carbocycles. The molecule has 26 heavy (non-hydrogen) atoms. The standard InChI is InChI=1S/C20H29FN4O/c1-14-7-8-15(11-18(14)21)19(26)23-9-10-24-20(22-2)25-12-16-5-3-4-6-17(16)13-25/h7-8,11,16-17H,3-6,9-10,12-13H2,1-2H3,(H,22,24)(H,23,26). The van der Waals surface area contributed by atoms with Gasteiger partial charge in [0.05, 0.1) is 0 Å². The quantitative estimate of drug-likeness (QED) is 0.493. The van der Waals surface area contributed by atoms with E-state index in [1.165, 1.54) is 31.7 Å². The molecule has 2 fully saturated rings. The number of hydrogen-bond acceptors (Lipinski definition) is 2. The molecule has 0 aromatic heterocycles. The van der Waals surface area contributed by atoms with Gasteiger partial charge in [-0.1, -0.05) is 18.9 Å². The average Bonchev–Trinajstić information content (AvgIpc) is 3.07. The van der Waals surface area contributed by atoms with Gasteiger partial charge in [0.1, 0.15) is 5.82 Å². The van der Waals surface area contributed by atoms with Gasteiger partial charge in [-0.25, -0.2) is 4.39 Å². The zero-order valence-corrected chi connectivity index (χ0v) is 15.7. The van der Waals surface area contributed by atoms with Gasteiger partial charge in [-0.15, -0.1) is 0 Å². The van der Waals surface area contributed by atoms with E-state index in [-0.39, 0.29) is 11.7 Å². The summed E-state index contributed by atoms with van der Waals surface area (Å²) in [5, 5.41) is 6.16. The number of aliphatic imine (C=N–C) groups is 1. The molecule has 1 saturated heterocycles. The fraction of sp³-hybridized carbons (Fsp3) is 0.600. The first kappa shape index (κ1) is 18.7. The summed E-state index contributed by atoms with van der Waals surface area (Å²) in [4.78, 5) is 18.8. The van der Waals surface area contributed by atoms with E-state index in [0.29, 0.717) is 24.2 Å². The molecule has 6 heteroatoms. The van der Waals surface area contributed by atoms with Gasteiger partial charge in [-0.3, -0.25) is 9.79 Å². The highest BCUT2D eigenvalue weighted by Gasteiger charge is 2.35. The van der Waals surface area contributed by atoms with E-state index < -0.39 is 0 Å². The lowest BCUT2D eigenvalue weighted by atomic mass is 9.82. The molecule has 2 atom stereocenters. The number of hydrogen-bond donors (Lipinski definition) is 2. The van der Waals surface area contributed by atoms with E-state index in [0.717, 1.165) is 30.9 Å². The first-order chi connectivity index (χ1) is 12.6. The van der Waals surface area contributed by atoms with Gasteiger partial charge in [0.15, 0.2) is 5.96 Å². The van der Waals surface area contributed by atoms with Gasteiger partial charge in [-0.05, 0) is 49.3 Å². The molecular weight excluding hydrogens is 331 g/mol. The normalized spacial score (nSPS) is 22.9. The molecule has 2 aliphatic rings. The van der Waals surface area contributed by atoms with Crippen molar-refractivity contribution in [3.8, 4) is 0 Å². The Morgan fingerprint density at radius 2 is 1.85 bits per heavy atom. The number of nitrogens with zero attached hydrogens (tertiary/aromatic N) is 2. The number of likely N-dealkylation sites (tertiary alicyclic amines) is 1. The molecule has 1 aliphatic heterocycles. The van der Waals surface area contributed by atoms with E-state index in [1.807, 2.05) is 0 Å². The van der Waals surface area contributed by atoms with Crippen LogP contribution in [0.2, 0.25) is 0 Å². The maximum Gasteiger partial charge on any atom is 0.251 e. The van der Waals surface area contributed by atoms with E-state index in [1.54, 1.807) is 26.1 Å². The van der Waals surface area contributed by atoms with Crippen LogP contribution in [0.4, 0.5) is 4.39 Å². The summed E-state index contributed by atoms with van der Waals surface area (Å²) < 4.78 is 13.6. The van der Waals surface area contributed by atoms with Crippen molar-refractivity contribution in [1.82, 2.24) is 15.5 Å². The SMILES string of the molecule is CN=C(NCCNC(=O)c1ccc(C)c(F)c1)N1CC2CCCCC2C1. The van der Waals surface area contributed by atoms with Crippen LogP contribution in [0.1, 0.15) is 41.6 Å². The van der Waals surface area contributed by atoms with Crippen molar-refractivity contribution in [3.63, 3.8) is 0 Å². The topological polar surface area (TPSA) is 56.7 Å². The van der Waals surface area contributed by atoms with E-state index in [9.17, 15) is 9.18 Å². The third kappa shape index (κ3) is 4.34. The fourth-order valence-electron chi connectivity index (χ4n) is 4.10. The van der Waals surface area contributed by atoms with Crippen LogP contribution in [0.25, 0.3) is 0 Å². The van der Waals surface area contributed by atoms with E-state index >= 15 is 0 Å². The van der Waals surface area contributed by atoms with Crippen LogP contribution in [0.15, 0.2) is 23.2 Å². The Hall–Kier alpha value is -2.11. The third-order valence-corrected chi connectivity index (χ3v) is 5.62. The second kappa shape index (κ2) is 8.52. The molecule has 5 nitrogen and oxygen atoms in total. The van der Waals surface area contributed by atoms with Crippen LogP contribution < -0.4 is 10.6 Å². The molecule has 0 radical (unpaired) electrons. The third-order valence-electron chi connectivity index (χ3n) is 5.62. The molecule has 0 bridgehead atoms. The summed E-state index contributed by atoms with van der Waals surface area (Å²) >= 11 is 0. The second-order valence-electron chi connectivity index (χ2n) is 7.40. The smallest absolute Gasteiger partial charge is 0.251 e. The summed E-state index contributed by atoms with van der Waals surface area (Å²) in [6.07, 6.45) is 5.38. The van der Waals surface area contributed by atoms with Gasteiger partial charge in [0.2, 0.25) is 0 Å². The van der Waals surface area contributed by atoms with Gasteiger partial charge in [0.25, 0.3) is 5.91 Å². The summed E-state index contributed by atoms with van der Waals surface area (Å²) in [6.45, 7) is 4.91. The van der Waals surface area contributed by atoms with Crippen molar-refractivity contribution in [2.45, 2.75) is 32.6 Å². The summed E-state index contributed by atoms with van der Waals surface area (Å²) in [5.74, 6) is 1.91. The number of rotatable bonds is 4. The fourth-order valence-corrected chi connectivity index (χ4v) is 4.10. The molecule has 1 aromatic carbocycles. The van der Waals surface area contributed by atoms with Crippen molar-refractivity contribution < 1.29 is 9.18 Å². The molecule has 2 unspecified atom stereocenters. The number of halogens is 1. The zero-order chi connectivity index (χ0) is 18.5. The lowest BCUT2D eigenvalue weighted by Crippen LogP contribution is -2.43. The first-order valence-corrected chi connectivity index (χ1v) is 9.58. The molecule has 2 N–H and O–H groups in total. The Labute approximate surface area is 155 Å². The predicted octanol–water partition coefficient (Wildman–Crippen LogP) is 2.56. The predicted molar refractivity (Wildman–Crippen MR) is 102 cm³/mol. The Morgan fingerprint density at radius 3 is 2.46 bits per heavy atom. The minimum Gasteiger partial charge on any atom is -0.354 e. The van der Waals surface area contributed by atoms with Crippen molar-refractivity contribution in [3.05, 3.63) is 35.1 Å². The molecule has 1 aromatic rings. The maximum absolute atomic E-state index is 13.6. The Bertz CT molecular complexity index is 662. The van der Waals surface area contributed by atoms with Crippen molar-refractivity contribution in [1.29, 1.82) is 0 Å². The molecule has 1 heterocycles. The molecule has 3 rings (SSSR count).